The fourth-order valence-corrected chi connectivity index (χ4v) is 3.01. The lowest BCUT2D eigenvalue weighted by Crippen LogP contribution is -1.90. The predicted molar refractivity (Wildman–Crippen MR) is 82.0 cm³/mol. The Morgan fingerprint density at radius 3 is 2.40 bits per heavy atom. The molecule has 0 atom stereocenters. The summed E-state index contributed by atoms with van der Waals surface area (Å²) in [5.41, 5.74) is 1.15. The number of aromatic nitrogens is 1. The lowest BCUT2D eigenvalue weighted by atomic mass is 10.2. The minimum atomic E-state index is 0.748. The van der Waals surface area contributed by atoms with Gasteiger partial charge in [-0.3, -0.25) is 0 Å². The standard InChI is InChI=1S/C16H15NO2S/c1-18-15-6-4-13(10-16(15)19-2)20-12-3-5-14-11(9-12)7-8-17-14/h3-10,17H,1-2H3. The second-order valence-corrected chi connectivity index (χ2v) is 5.49. The number of H-pyrrole nitrogens is 1. The summed E-state index contributed by atoms with van der Waals surface area (Å²) in [7, 11) is 3.29. The zero-order chi connectivity index (χ0) is 13.9. The van der Waals surface area contributed by atoms with Crippen LogP contribution in [-0.2, 0) is 0 Å². The van der Waals surface area contributed by atoms with E-state index in [9.17, 15) is 0 Å². The van der Waals surface area contributed by atoms with Gasteiger partial charge in [0.15, 0.2) is 11.5 Å². The minimum Gasteiger partial charge on any atom is -0.493 e. The zero-order valence-electron chi connectivity index (χ0n) is 11.3. The molecule has 4 heteroatoms. The molecule has 0 aliphatic carbocycles. The molecule has 0 aliphatic rings. The van der Waals surface area contributed by atoms with Gasteiger partial charge in [0.05, 0.1) is 14.2 Å². The van der Waals surface area contributed by atoms with Crippen LogP contribution in [0.5, 0.6) is 11.5 Å². The largest absolute Gasteiger partial charge is 0.493 e. The van der Waals surface area contributed by atoms with E-state index in [-0.39, 0.29) is 0 Å². The van der Waals surface area contributed by atoms with Crippen molar-refractivity contribution in [1.29, 1.82) is 0 Å². The Kier molecular flexibility index (Phi) is 3.56. The van der Waals surface area contributed by atoms with E-state index in [2.05, 4.69) is 29.2 Å². The molecule has 0 bridgehead atoms. The van der Waals surface area contributed by atoms with Crippen molar-refractivity contribution in [1.82, 2.24) is 4.98 Å². The molecule has 0 aliphatic heterocycles. The Morgan fingerprint density at radius 1 is 0.850 bits per heavy atom. The quantitative estimate of drug-likeness (QED) is 0.774. The summed E-state index contributed by atoms with van der Waals surface area (Å²) in [5, 5.41) is 1.22. The van der Waals surface area contributed by atoms with Gasteiger partial charge >= 0.3 is 0 Å². The maximum atomic E-state index is 5.33. The number of rotatable bonds is 4. The Hall–Kier alpha value is -2.07. The summed E-state index contributed by atoms with van der Waals surface area (Å²) in [4.78, 5) is 5.52. The molecule has 1 N–H and O–H groups in total. The number of benzene rings is 2. The molecular weight excluding hydrogens is 270 g/mol. The van der Waals surface area contributed by atoms with Crippen LogP contribution in [0.15, 0.2) is 58.5 Å². The molecule has 0 spiro atoms. The van der Waals surface area contributed by atoms with E-state index in [1.807, 2.05) is 24.4 Å². The number of hydrogen-bond donors (Lipinski definition) is 1. The molecule has 1 aromatic heterocycles. The second-order valence-electron chi connectivity index (χ2n) is 4.35. The van der Waals surface area contributed by atoms with Gasteiger partial charge in [-0.25, -0.2) is 0 Å². The highest BCUT2D eigenvalue weighted by Crippen LogP contribution is 2.35. The fraction of sp³-hybridized carbons (Fsp3) is 0.125. The summed E-state index contributed by atoms with van der Waals surface area (Å²) in [6.07, 6.45) is 1.95. The van der Waals surface area contributed by atoms with E-state index in [0.717, 1.165) is 21.9 Å². The zero-order valence-corrected chi connectivity index (χ0v) is 12.2. The topological polar surface area (TPSA) is 34.2 Å². The molecule has 0 fully saturated rings. The second kappa shape index (κ2) is 5.51. The first-order valence-corrected chi connectivity index (χ1v) is 7.09. The van der Waals surface area contributed by atoms with Crippen molar-refractivity contribution in [2.75, 3.05) is 14.2 Å². The lowest BCUT2D eigenvalue weighted by molar-refractivity contribution is 0.354. The molecule has 0 saturated carbocycles. The molecule has 3 nitrogen and oxygen atoms in total. The van der Waals surface area contributed by atoms with Gasteiger partial charge in [-0.15, -0.1) is 0 Å². The molecule has 2 aromatic carbocycles. The molecule has 0 saturated heterocycles. The van der Waals surface area contributed by atoms with Crippen LogP contribution in [0, 0.1) is 0 Å². The normalized spacial score (nSPS) is 10.7. The number of nitrogens with one attached hydrogen (secondary N) is 1. The summed E-state index contributed by atoms with van der Waals surface area (Å²) >= 11 is 1.71. The highest BCUT2D eigenvalue weighted by Gasteiger charge is 2.06. The molecule has 1 heterocycles. The molecule has 20 heavy (non-hydrogen) atoms. The molecular formula is C16H15NO2S. The van der Waals surface area contributed by atoms with Gasteiger partial charge in [0.2, 0.25) is 0 Å². The van der Waals surface area contributed by atoms with E-state index >= 15 is 0 Å². The first kappa shape index (κ1) is 12.9. The van der Waals surface area contributed by atoms with Crippen LogP contribution in [0.3, 0.4) is 0 Å². The highest BCUT2D eigenvalue weighted by molar-refractivity contribution is 7.99. The first-order chi connectivity index (χ1) is 9.80. The molecule has 0 unspecified atom stereocenters. The molecule has 0 amide bonds. The summed E-state index contributed by atoms with van der Waals surface area (Å²) in [6, 6.07) is 14.4. The van der Waals surface area contributed by atoms with Gasteiger partial charge in [0.25, 0.3) is 0 Å². The van der Waals surface area contributed by atoms with Gasteiger partial charge < -0.3 is 14.5 Å². The van der Waals surface area contributed by atoms with E-state index in [0.29, 0.717) is 0 Å². The predicted octanol–water partition coefficient (Wildman–Crippen LogP) is 4.34. The van der Waals surface area contributed by atoms with E-state index < -0.39 is 0 Å². The van der Waals surface area contributed by atoms with Crippen molar-refractivity contribution >= 4 is 22.7 Å². The van der Waals surface area contributed by atoms with Crippen molar-refractivity contribution in [2.45, 2.75) is 9.79 Å². The van der Waals surface area contributed by atoms with Gasteiger partial charge in [0, 0.05) is 26.9 Å². The van der Waals surface area contributed by atoms with Crippen molar-refractivity contribution in [3.63, 3.8) is 0 Å². The van der Waals surface area contributed by atoms with Gasteiger partial charge in [0.1, 0.15) is 0 Å². The number of ether oxygens (including phenoxy) is 2. The summed E-state index contributed by atoms with van der Waals surface area (Å²) in [6.45, 7) is 0. The van der Waals surface area contributed by atoms with Gasteiger partial charge in [-0.05, 0) is 42.5 Å². The third kappa shape index (κ3) is 2.47. The first-order valence-electron chi connectivity index (χ1n) is 6.27. The van der Waals surface area contributed by atoms with Crippen LogP contribution in [0.2, 0.25) is 0 Å². The smallest absolute Gasteiger partial charge is 0.161 e. The van der Waals surface area contributed by atoms with Crippen LogP contribution in [0.1, 0.15) is 0 Å². The Bertz CT molecular complexity index is 736. The Labute approximate surface area is 121 Å². The SMILES string of the molecule is COc1ccc(Sc2ccc3[nH]ccc3c2)cc1OC. The van der Waals surface area contributed by atoms with Crippen molar-refractivity contribution in [3.05, 3.63) is 48.7 Å². The lowest BCUT2D eigenvalue weighted by Gasteiger charge is -2.09. The average molecular weight is 285 g/mol. The number of fused-ring (bicyclic) bond motifs is 1. The molecule has 0 radical (unpaired) electrons. The van der Waals surface area contributed by atoms with Crippen molar-refractivity contribution in [2.24, 2.45) is 0 Å². The van der Waals surface area contributed by atoms with E-state index in [4.69, 9.17) is 9.47 Å². The van der Waals surface area contributed by atoms with Gasteiger partial charge in [-0.1, -0.05) is 11.8 Å². The maximum Gasteiger partial charge on any atom is 0.161 e. The number of methoxy groups -OCH3 is 2. The molecule has 3 rings (SSSR count). The van der Waals surface area contributed by atoms with Crippen molar-refractivity contribution < 1.29 is 9.47 Å². The van der Waals surface area contributed by atoms with Crippen LogP contribution in [-0.4, -0.2) is 19.2 Å². The van der Waals surface area contributed by atoms with Crippen molar-refractivity contribution in [3.8, 4) is 11.5 Å². The molecule has 3 aromatic rings. The van der Waals surface area contributed by atoms with Crippen LogP contribution in [0.4, 0.5) is 0 Å². The van der Waals surface area contributed by atoms with Crippen LogP contribution >= 0.6 is 11.8 Å². The summed E-state index contributed by atoms with van der Waals surface area (Å²) < 4.78 is 10.6. The monoisotopic (exact) mass is 285 g/mol. The minimum absolute atomic E-state index is 0.748. The van der Waals surface area contributed by atoms with Gasteiger partial charge in [-0.2, -0.15) is 0 Å². The Morgan fingerprint density at radius 2 is 1.60 bits per heavy atom. The molecule has 102 valence electrons. The number of hydrogen-bond acceptors (Lipinski definition) is 3. The maximum absolute atomic E-state index is 5.33. The Balaban J connectivity index is 1.89. The number of aromatic amines is 1. The average Bonchev–Trinajstić information content (AvgIpc) is 2.94. The van der Waals surface area contributed by atoms with Crippen LogP contribution < -0.4 is 9.47 Å². The van der Waals surface area contributed by atoms with Crippen LogP contribution in [0.25, 0.3) is 10.9 Å². The third-order valence-corrected chi connectivity index (χ3v) is 4.09. The van der Waals surface area contributed by atoms with E-state index in [1.54, 1.807) is 26.0 Å². The third-order valence-electron chi connectivity index (χ3n) is 3.12. The fourth-order valence-electron chi connectivity index (χ4n) is 2.11. The summed E-state index contributed by atoms with van der Waals surface area (Å²) in [5.74, 6) is 1.50. The van der Waals surface area contributed by atoms with E-state index in [1.165, 1.54) is 10.3 Å². The highest BCUT2D eigenvalue weighted by atomic mass is 32.2.